The molecule has 2 aliphatic heterocycles. The smallest absolute Gasteiger partial charge is 0.221 e. The summed E-state index contributed by atoms with van der Waals surface area (Å²) in [4.78, 5) is 19.4. The number of hydrogen-bond donors (Lipinski definition) is 0. The van der Waals surface area contributed by atoms with Crippen molar-refractivity contribution in [1.29, 1.82) is 0 Å². The van der Waals surface area contributed by atoms with Crippen molar-refractivity contribution in [3.63, 3.8) is 0 Å². The molecule has 3 atom stereocenters. The molecule has 1 saturated carbocycles. The maximum atomic E-state index is 14.2. The second-order valence-electron chi connectivity index (χ2n) is 10.2. The van der Waals surface area contributed by atoms with Crippen molar-refractivity contribution < 1.29 is 27.2 Å². The molecule has 3 aliphatic rings. The van der Waals surface area contributed by atoms with E-state index in [2.05, 4.69) is 23.1 Å². The highest BCUT2D eigenvalue weighted by Crippen LogP contribution is 2.50. The fourth-order valence-corrected chi connectivity index (χ4v) is 5.81. The molecule has 9 heteroatoms. The molecule has 0 aromatic heterocycles. The van der Waals surface area contributed by atoms with Crippen LogP contribution in [0.15, 0.2) is 40.2 Å². The zero-order valence-electron chi connectivity index (χ0n) is 20.7. The molecule has 2 heterocycles. The van der Waals surface area contributed by atoms with E-state index in [1.165, 1.54) is 18.6 Å². The minimum atomic E-state index is -3.44. The molecule has 1 aromatic rings. The number of carbonyl (C=O) groups excluding carboxylic acids is 1. The van der Waals surface area contributed by atoms with Crippen molar-refractivity contribution in [2.75, 3.05) is 26.0 Å². The lowest BCUT2D eigenvalue weighted by Crippen LogP contribution is -2.34. The zero-order valence-corrected chi connectivity index (χ0v) is 21.5. The molecule has 0 bridgehead atoms. The summed E-state index contributed by atoms with van der Waals surface area (Å²) in [6, 6.07) is 3.79. The molecule has 1 saturated heterocycles. The minimum Gasteiger partial charge on any atom is -0.491 e. The van der Waals surface area contributed by atoms with Gasteiger partial charge in [0.05, 0.1) is 17.2 Å². The van der Waals surface area contributed by atoms with Crippen molar-refractivity contribution in [2.45, 2.75) is 57.3 Å². The highest BCUT2D eigenvalue weighted by atomic mass is 32.2. The van der Waals surface area contributed by atoms with Crippen LogP contribution in [0.4, 0.5) is 4.39 Å². The zero-order chi connectivity index (χ0) is 25.2. The number of rotatable bonds is 9. The van der Waals surface area contributed by atoms with Crippen LogP contribution in [0.25, 0.3) is 0 Å². The molecule has 35 heavy (non-hydrogen) atoms. The molecule has 4 rings (SSSR count). The number of ether oxygens (including phenoxy) is 1. The van der Waals surface area contributed by atoms with Gasteiger partial charge < -0.3 is 14.5 Å². The third kappa shape index (κ3) is 6.63. The third-order valence-electron chi connectivity index (χ3n) is 7.41. The van der Waals surface area contributed by atoms with Crippen LogP contribution in [0.1, 0.15) is 52.4 Å². The van der Waals surface area contributed by atoms with Crippen LogP contribution in [0.5, 0.6) is 5.75 Å². The first kappa shape index (κ1) is 25.7. The number of halogens is 1. The SMILES string of the molecule is CC(=O)CC1=NOC(N2CCC(C3CC3CCOc3ccc(S(C)(=O)=O)cc3F)CC2)=CCC1C. The predicted octanol–water partition coefficient (Wildman–Crippen LogP) is 4.58. The Morgan fingerprint density at radius 2 is 2.03 bits per heavy atom. The summed E-state index contributed by atoms with van der Waals surface area (Å²) in [7, 11) is -3.44. The number of benzene rings is 1. The molecule has 0 spiro atoms. The summed E-state index contributed by atoms with van der Waals surface area (Å²) in [5.74, 6) is 2.51. The predicted molar refractivity (Wildman–Crippen MR) is 131 cm³/mol. The molecule has 0 N–H and O–H groups in total. The Morgan fingerprint density at radius 3 is 2.69 bits per heavy atom. The van der Waals surface area contributed by atoms with E-state index in [0.29, 0.717) is 30.8 Å². The van der Waals surface area contributed by atoms with E-state index in [-0.39, 0.29) is 22.3 Å². The number of sulfone groups is 1. The number of piperidine rings is 1. The van der Waals surface area contributed by atoms with Crippen LogP contribution in [0.2, 0.25) is 0 Å². The largest absolute Gasteiger partial charge is 0.491 e. The number of nitrogens with zero attached hydrogens (tertiary/aromatic N) is 2. The van der Waals surface area contributed by atoms with Crippen molar-refractivity contribution in [3.05, 3.63) is 36.0 Å². The maximum Gasteiger partial charge on any atom is 0.221 e. The first-order chi connectivity index (χ1) is 16.6. The van der Waals surface area contributed by atoms with Crippen LogP contribution in [0.3, 0.4) is 0 Å². The van der Waals surface area contributed by atoms with Crippen molar-refractivity contribution >= 4 is 21.3 Å². The summed E-state index contributed by atoms with van der Waals surface area (Å²) in [6.45, 7) is 5.94. The molecule has 3 unspecified atom stereocenters. The highest BCUT2D eigenvalue weighted by Gasteiger charge is 2.43. The van der Waals surface area contributed by atoms with E-state index in [0.717, 1.165) is 62.7 Å². The van der Waals surface area contributed by atoms with Gasteiger partial charge in [0.15, 0.2) is 21.4 Å². The molecule has 1 aliphatic carbocycles. The summed E-state index contributed by atoms with van der Waals surface area (Å²) >= 11 is 0. The monoisotopic (exact) mass is 506 g/mol. The number of likely N-dealkylation sites (tertiary alicyclic amines) is 1. The second kappa shape index (κ2) is 10.7. The second-order valence-corrected chi connectivity index (χ2v) is 12.2. The van der Waals surface area contributed by atoms with Gasteiger partial charge in [-0.1, -0.05) is 12.1 Å². The van der Waals surface area contributed by atoms with Crippen LogP contribution >= 0.6 is 0 Å². The van der Waals surface area contributed by atoms with E-state index in [9.17, 15) is 17.6 Å². The maximum absolute atomic E-state index is 14.2. The number of ketones is 1. The van der Waals surface area contributed by atoms with Gasteiger partial charge in [0.25, 0.3) is 0 Å². The third-order valence-corrected chi connectivity index (χ3v) is 8.52. The minimum absolute atomic E-state index is 0.0428. The van der Waals surface area contributed by atoms with Crippen LogP contribution in [-0.4, -0.2) is 50.8 Å². The molecule has 7 nitrogen and oxygen atoms in total. The van der Waals surface area contributed by atoms with Gasteiger partial charge in [0.2, 0.25) is 5.88 Å². The van der Waals surface area contributed by atoms with Gasteiger partial charge in [0.1, 0.15) is 5.78 Å². The van der Waals surface area contributed by atoms with Gasteiger partial charge in [-0.3, -0.25) is 4.79 Å². The number of Topliss-reactive ketones (excluding diaryl/α,β-unsaturated/α-hetero) is 1. The standard InChI is InChI=1S/C26H35FN2O5S/c1-17-4-7-26(34-28-24(17)14-18(2)30)29-11-8-19(9-12-29)22-15-20(22)10-13-33-25-6-5-21(16-23(25)27)35(3,31)32/h5-7,16-17,19-20,22H,4,8-15H2,1-3H3. The Balaban J connectivity index is 1.20. The van der Waals surface area contributed by atoms with Crippen LogP contribution < -0.4 is 4.74 Å². The van der Waals surface area contributed by atoms with E-state index >= 15 is 0 Å². The van der Waals surface area contributed by atoms with E-state index in [1.807, 2.05) is 0 Å². The molecule has 2 fully saturated rings. The molecule has 192 valence electrons. The Kier molecular flexibility index (Phi) is 7.83. The van der Waals surface area contributed by atoms with E-state index in [4.69, 9.17) is 9.57 Å². The van der Waals surface area contributed by atoms with Crippen molar-refractivity contribution in [1.82, 2.24) is 4.90 Å². The molecular formula is C26H35FN2O5S. The van der Waals surface area contributed by atoms with Gasteiger partial charge in [-0.05, 0) is 81.1 Å². The molecule has 0 radical (unpaired) electrons. The van der Waals surface area contributed by atoms with Crippen molar-refractivity contribution in [2.24, 2.45) is 28.8 Å². The van der Waals surface area contributed by atoms with Gasteiger partial charge in [-0.25, -0.2) is 12.8 Å². The number of allylic oxidation sites excluding steroid dienone is 1. The fourth-order valence-electron chi connectivity index (χ4n) is 5.17. The normalized spacial score (nSPS) is 25.3. The number of oxime groups is 1. The summed E-state index contributed by atoms with van der Waals surface area (Å²) in [6.07, 6.45) is 8.58. The molecule has 0 amide bonds. The highest BCUT2D eigenvalue weighted by molar-refractivity contribution is 7.90. The Hall–Kier alpha value is -2.42. The molecule has 1 aromatic carbocycles. The lowest BCUT2D eigenvalue weighted by molar-refractivity contribution is -0.115. The van der Waals surface area contributed by atoms with E-state index in [1.54, 1.807) is 6.92 Å². The average Bonchev–Trinajstić information content (AvgIpc) is 3.59. The summed E-state index contributed by atoms with van der Waals surface area (Å²) < 4.78 is 42.9. The Labute approximate surface area is 207 Å². The van der Waals surface area contributed by atoms with Crippen molar-refractivity contribution in [3.8, 4) is 5.75 Å². The van der Waals surface area contributed by atoms with E-state index < -0.39 is 15.7 Å². The van der Waals surface area contributed by atoms with Gasteiger partial charge in [-0.2, -0.15) is 0 Å². The quantitative estimate of drug-likeness (QED) is 0.487. The summed E-state index contributed by atoms with van der Waals surface area (Å²) in [5.41, 5.74) is 0.813. The molecular weight excluding hydrogens is 471 g/mol. The summed E-state index contributed by atoms with van der Waals surface area (Å²) in [5, 5.41) is 4.28. The average molecular weight is 507 g/mol. The Bertz CT molecular complexity index is 1110. The first-order valence-electron chi connectivity index (χ1n) is 12.4. The van der Waals surface area contributed by atoms with Crippen LogP contribution in [0, 0.1) is 29.5 Å². The Morgan fingerprint density at radius 1 is 1.29 bits per heavy atom. The lowest BCUT2D eigenvalue weighted by atomic mass is 9.90. The number of carbonyl (C=O) groups is 1. The lowest BCUT2D eigenvalue weighted by Gasteiger charge is -2.33. The topological polar surface area (TPSA) is 85.3 Å². The fraction of sp³-hybridized carbons (Fsp3) is 0.615. The first-order valence-corrected chi connectivity index (χ1v) is 14.3. The van der Waals surface area contributed by atoms with Gasteiger partial charge >= 0.3 is 0 Å². The van der Waals surface area contributed by atoms with Gasteiger partial charge in [-0.15, -0.1) is 0 Å². The number of hydrogen-bond acceptors (Lipinski definition) is 7. The van der Waals surface area contributed by atoms with Crippen LogP contribution in [-0.2, 0) is 19.5 Å². The van der Waals surface area contributed by atoms with Gasteiger partial charge in [0, 0.05) is 31.7 Å².